The largest absolute Gasteiger partial charge is 0.339 e. The van der Waals surface area contributed by atoms with Crippen LogP contribution in [0.25, 0.3) is 0 Å². The van der Waals surface area contributed by atoms with Crippen LogP contribution >= 0.6 is 0 Å². The summed E-state index contributed by atoms with van der Waals surface area (Å²) in [6, 6.07) is 0. The Kier molecular flexibility index (Phi) is 3.90. The van der Waals surface area contributed by atoms with Crippen LogP contribution in [0, 0.1) is 5.92 Å². The molecule has 0 spiro atoms. The Bertz CT molecular complexity index is 529. The number of nitrogens with zero attached hydrogens (tertiary/aromatic N) is 4. The summed E-state index contributed by atoms with van der Waals surface area (Å²) in [5.41, 5.74) is 0. The fourth-order valence-corrected chi connectivity index (χ4v) is 2.60. The van der Waals surface area contributed by atoms with Crippen LogP contribution in [0.2, 0.25) is 0 Å². The van der Waals surface area contributed by atoms with Crippen molar-refractivity contribution in [3.8, 4) is 0 Å². The van der Waals surface area contributed by atoms with Gasteiger partial charge < -0.3 is 9.80 Å². The smallest absolute Gasteiger partial charge is 0.293 e. The molecule has 21 heavy (non-hydrogen) atoms. The zero-order valence-electron chi connectivity index (χ0n) is 12.3. The van der Waals surface area contributed by atoms with Gasteiger partial charge in [0.2, 0.25) is 11.7 Å². The van der Waals surface area contributed by atoms with Gasteiger partial charge in [-0.1, -0.05) is 6.92 Å². The maximum Gasteiger partial charge on any atom is 0.293 e. The minimum atomic E-state index is -0.146. The number of hydrogen-bond donors (Lipinski definition) is 1. The molecule has 3 rings (SSSR count). The number of carbonyl (C=O) groups excluding carboxylic acids is 2. The highest BCUT2D eigenvalue weighted by Gasteiger charge is 2.35. The summed E-state index contributed by atoms with van der Waals surface area (Å²) in [5.74, 6) is 1.35. The summed E-state index contributed by atoms with van der Waals surface area (Å²) >= 11 is 0. The molecule has 2 heterocycles. The molecule has 0 aromatic carbocycles. The van der Waals surface area contributed by atoms with Crippen molar-refractivity contribution in [2.45, 2.75) is 32.6 Å². The van der Waals surface area contributed by atoms with E-state index < -0.39 is 0 Å². The van der Waals surface area contributed by atoms with E-state index in [1.807, 2.05) is 4.90 Å². The van der Waals surface area contributed by atoms with Gasteiger partial charge in [0.15, 0.2) is 0 Å². The number of carbonyl (C=O) groups is 2. The lowest BCUT2D eigenvalue weighted by Crippen LogP contribution is -2.51. The molecule has 2 aliphatic rings. The number of piperazine rings is 1. The minimum absolute atomic E-state index is 0.146. The first-order valence-corrected chi connectivity index (χ1v) is 7.68. The number of hydrogen-bond acceptors (Lipinski definition) is 4. The van der Waals surface area contributed by atoms with Gasteiger partial charge in [-0.25, -0.2) is 4.98 Å². The number of aromatic nitrogens is 3. The molecular formula is C14H21N5O2. The van der Waals surface area contributed by atoms with Gasteiger partial charge in [0.1, 0.15) is 5.82 Å². The molecule has 1 aliphatic heterocycles. The first-order chi connectivity index (χ1) is 10.2. The lowest BCUT2D eigenvalue weighted by Gasteiger charge is -2.34. The van der Waals surface area contributed by atoms with Crippen molar-refractivity contribution in [1.29, 1.82) is 0 Å². The highest BCUT2D eigenvalue weighted by Crippen LogP contribution is 2.31. The third-order valence-corrected chi connectivity index (χ3v) is 4.01. The van der Waals surface area contributed by atoms with Crippen molar-refractivity contribution in [2.75, 3.05) is 26.2 Å². The summed E-state index contributed by atoms with van der Waals surface area (Å²) in [7, 11) is 0. The second-order valence-electron chi connectivity index (χ2n) is 5.75. The van der Waals surface area contributed by atoms with E-state index in [2.05, 4.69) is 22.1 Å². The van der Waals surface area contributed by atoms with E-state index in [1.54, 1.807) is 4.90 Å². The molecule has 0 bridgehead atoms. The molecule has 7 nitrogen and oxygen atoms in total. The van der Waals surface area contributed by atoms with Crippen LogP contribution in [-0.4, -0.2) is 63.0 Å². The molecule has 2 fully saturated rings. The van der Waals surface area contributed by atoms with Gasteiger partial charge in [-0.3, -0.25) is 14.7 Å². The Morgan fingerprint density at radius 1 is 1.19 bits per heavy atom. The Balaban J connectivity index is 1.55. The molecule has 1 aromatic rings. The fraction of sp³-hybridized carbons (Fsp3) is 0.714. The third-order valence-electron chi connectivity index (χ3n) is 4.01. The summed E-state index contributed by atoms with van der Waals surface area (Å²) in [6.07, 6.45) is 3.81. The van der Waals surface area contributed by atoms with E-state index in [0.29, 0.717) is 26.2 Å². The number of aromatic amines is 1. The van der Waals surface area contributed by atoms with E-state index in [4.69, 9.17) is 0 Å². The summed E-state index contributed by atoms with van der Waals surface area (Å²) in [4.78, 5) is 32.1. The van der Waals surface area contributed by atoms with Crippen LogP contribution in [0.5, 0.6) is 0 Å². The lowest BCUT2D eigenvalue weighted by molar-refractivity contribution is -0.134. The Morgan fingerprint density at radius 3 is 2.48 bits per heavy atom. The number of amides is 2. The predicted molar refractivity (Wildman–Crippen MR) is 75.6 cm³/mol. The number of rotatable bonds is 4. The molecule has 114 valence electrons. The van der Waals surface area contributed by atoms with Crippen molar-refractivity contribution in [2.24, 2.45) is 5.92 Å². The molecule has 1 aromatic heterocycles. The fourth-order valence-electron chi connectivity index (χ4n) is 2.60. The van der Waals surface area contributed by atoms with E-state index in [1.165, 1.54) is 0 Å². The Hall–Kier alpha value is -1.92. The van der Waals surface area contributed by atoms with Gasteiger partial charge in [0, 0.05) is 38.5 Å². The van der Waals surface area contributed by atoms with Crippen molar-refractivity contribution in [3.05, 3.63) is 11.6 Å². The Morgan fingerprint density at radius 2 is 1.86 bits per heavy atom. The van der Waals surface area contributed by atoms with Crippen LogP contribution in [0.1, 0.15) is 42.6 Å². The van der Waals surface area contributed by atoms with E-state index in [-0.39, 0.29) is 23.6 Å². The second-order valence-corrected chi connectivity index (χ2v) is 5.75. The standard InChI is InChI=1S/C14H21N5O2/c1-2-3-11-15-12(17-16-11)14(21)19-8-6-18(7-9-19)13(20)10-4-5-10/h10H,2-9H2,1H3,(H,15,16,17). The van der Waals surface area contributed by atoms with Crippen LogP contribution < -0.4 is 0 Å². The van der Waals surface area contributed by atoms with Gasteiger partial charge >= 0.3 is 0 Å². The molecule has 1 saturated carbocycles. The van der Waals surface area contributed by atoms with Crippen molar-refractivity contribution in [1.82, 2.24) is 25.0 Å². The monoisotopic (exact) mass is 291 g/mol. The van der Waals surface area contributed by atoms with Crippen LogP contribution in [0.15, 0.2) is 0 Å². The highest BCUT2D eigenvalue weighted by atomic mass is 16.2. The van der Waals surface area contributed by atoms with E-state index in [9.17, 15) is 9.59 Å². The van der Waals surface area contributed by atoms with Gasteiger partial charge in [0.05, 0.1) is 0 Å². The normalized spacial score (nSPS) is 18.9. The van der Waals surface area contributed by atoms with Gasteiger partial charge in [0.25, 0.3) is 5.91 Å². The number of aryl methyl sites for hydroxylation is 1. The zero-order chi connectivity index (χ0) is 14.8. The average molecular weight is 291 g/mol. The topological polar surface area (TPSA) is 82.2 Å². The predicted octanol–water partition coefficient (Wildman–Crippen LogP) is 0.452. The first-order valence-electron chi connectivity index (χ1n) is 7.68. The molecule has 1 aliphatic carbocycles. The van der Waals surface area contributed by atoms with E-state index in [0.717, 1.165) is 31.5 Å². The maximum absolute atomic E-state index is 12.3. The van der Waals surface area contributed by atoms with Gasteiger partial charge in [-0.15, -0.1) is 5.10 Å². The van der Waals surface area contributed by atoms with Crippen LogP contribution in [-0.2, 0) is 11.2 Å². The third kappa shape index (κ3) is 3.06. The van der Waals surface area contributed by atoms with Gasteiger partial charge in [-0.05, 0) is 19.3 Å². The first kappa shape index (κ1) is 14.0. The molecule has 0 radical (unpaired) electrons. The van der Waals surface area contributed by atoms with Crippen LogP contribution in [0.4, 0.5) is 0 Å². The van der Waals surface area contributed by atoms with Crippen molar-refractivity contribution < 1.29 is 9.59 Å². The quantitative estimate of drug-likeness (QED) is 0.873. The minimum Gasteiger partial charge on any atom is -0.339 e. The molecule has 2 amide bonds. The lowest BCUT2D eigenvalue weighted by atomic mass is 10.2. The van der Waals surface area contributed by atoms with Crippen molar-refractivity contribution in [3.63, 3.8) is 0 Å². The second kappa shape index (κ2) is 5.83. The van der Waals surface area contributed by atoms with Crippen LogP contribution in [0.3, 0.4) is 0 Å². The summed E-state index contributed by atoms with van der Waals surface area (Å²) < 4.78 is 0. The van der Waals surface area contributed by atoms with Crippen molar-refractivity contribution >= 4 is 11.8 Å². The maximum atomic E-state index is 12.3. The molecule has 1 saturated heterocycles. The summed E-state index contributed by atoms with van der Waals surface area (Å²) in [5, 5.41) is 6.80. The number of H-pyrrole nitrogens is 1. The molecule has 1 N–H and O–H groups in total. The molecule has 0 atom stereocenters. The molecule has 0 unspecified atom stereocenters. The highest BCUT2D eigenvalue weighted by molar-refractivity contribution is 5.90. The molecular weight excluding hydrogens is 270 g/mol. The SMILES string of the molecule is CCCc1nc(C(=O)N2CCN(C(=O)C3CC3)CC2)n[nH]1. The number of nitrogens with one attached hydrogen (secondary N) is 1. The molecule has 7 heteroatoms. The zero-order valence-corrected chi connectivity index (χ0v) is 12.3. The van der Waals surface area contributed by atoms with E-state index >= 15 is 0 Å². The average Bonchev–Trinajstić information content (AvgIpc) is 3.26. The Labute approximate surface area is 123 Å². The summed E-state index contributed by atoms with van der Waals surface area (Å²) in [6.45, 7) is 4.42. The van der Waals surface area contributed by atoms with Gasteiger partial charge in [-0.2, -0.15) is 0 Å².